The summed E-state index contributed by atoms with van der Waals surface area (Å²) >= 11 is 0. The van der Waals surface area contributed by atoms with Crippen molar-refractivity contribution >= 4 is 5.90 Å². The Labute approximate surface area is 128 Å². The van der Waals surface area contributed by atoms with Crippen LogP contribution in [0.25, 0.3) is 0 Å². The third-order valence-electron chi connectivity index (χ3n) is 3.51. The van der Waals surface area contributed by atoms with Gasteiger partial charge < -0.3 is 9.84 Å². The van der Waals surface area contributed by atoms with Crippen molar-refractivity contribution in [2.75, 3.05) is 6.61 Å². The summed E-state index contributed by atoms with van der Waals surface area (Å²) in [4.78, 5) is 8.49. The first-order valence-corrected chi connectivity index (χ1v) is 7.07. The summed E-state index contributed by atoms with van der Waals surface area (Å²) in [5, 5.41) is 10.6. The van der Waals surface area contributed by atoms with E-state index in [0.29, 0.717) is 29.2 Å². The van der Waals surface area contributed by atoms with Crippen LogP contribution >= 0.6 is 0 Å². The van der Waals surface area contributed by atoms with Crippen molar-refractivity contribution in [2.24, 2.45) is 4.99 Å². The Morgan fingerprint density at radius 3 is 2.77 bits per heavy atom. The second-order valence-electron chi connectivity index (χ2n) is 5.94. The fraction of sp³-hybridized carbons (Fsp3) is 0.294. The van der Waals surface area contributed by atoms with E-state index in [4.69, 9.17) is 4.74 Å². The van der Waals surface area contributed by atoms with Crippen LogP contribution in [0.4, 0.5) is 4.39 Å². The van der Waals surface area contributed by atoms with E-state index in [9.17, 15) is 9.50 Å². The van der Waals surface area contributed by atoms with Gasteiger partial charge in [-0.25, -0.2) is 9.38 Å². The lowest BCUT2D eigenvalue weighted by Gasteiger charge is -2.15. The van der Waals surface area contributed by atoms with E-state index < -0.39 is 11.9 Å². The smallest absolute Gasteiger partial charge is 0.217 e. The van der Waals surface area contributed by atoms with Crippen LogP contribution < -0.4 is 0 Å². The summed E-state index contributed by atoms with van der Waals surface area (Å²) in [7, 11) is 0. The number of halogens is 1. The molecule has 1 N–H and O–H groups in total. The molecular formula is C17H17FN2O2. The minimum absolute atomic E-state index is 0.319. The van der Waals surface area contributed by atoms with E-state index in [1.54, 1.807) is 30.6 Å². The number of aromatic nitrogens is 1. The number of aliphatic imine (C=N–C) groups is 1. The van der Waals surface area contributed by atoms with Crippen LogP contribution in [-0.2, 0) is 4.74 Å². The Bertz CT molecular complexity index is 714. The summed E-state index contributed by atoms with van der Waals surface area (Å²) in [5.41, 5.74) is 1.29. The molecule has 2 aromatic rings. The van der Waals surface area contributed by atoms with Gasteiger partial charge in [0.25, 0.3) is 0 Å². The highest BCUT2D eigenvalue weighted by Gasteiger charge is 2.29. The number of aliphatic hydroxyl groups is 1. The van der Waals surface area contributed by atoms with Gasteiger partial charge in [-0.15, -0.1) is 0 Å². The molecule has 1 unspecified atom stereocenters. The Balaban J connectivity index is 2.06. The Kier molecular flexibility index (Phi) is 3.66. The molecule has 1 aromatic heterocycles. The number of hydrogen-bond donors (Lipinski definition) is 1. The third-order valence-corrected chi connectivity index (χ3v) is 3.51. The van der Waals surface area contributed by atoms with Crippen LogP contribution in [0.15, 0.2) is 47.7 Å². The second-order valence-corrected chi connectivity index (χ2v) is 5.94. The molecule has 2 heterocycles. The zero-order chi connectivity index (χ0) is 15.7. The fourth-order valence-electron chi connectivity index (χ4n) is 2.39. The predicted octanol–water partition coefficient (Wildman–Crippen LogP) is 2.86. The highest BCUT2D eigenvalue weighted by molar-refractivity contribution is 5.97. The van der Waals surface area contributed by atoms with Gasteiger partial charge in [0.15, 0.2) is 0 Å². The molecule has 0 aliphatic carbocycles. The van der Waals surface area contributed by atoms with Gasteiger partial charge in [-0.05, 0) is 38.1 Å². The van der Waals surface area contributed by atoms with Gasteiger partial charge in [-0.3, -0.25) is 4.98 Å². The standard InChI is InChI=1S/C17H17FN2O2/c1-17(2)10-22-16(20-17)13-6-5-12(18)8-14(13)15(21)11-4-3-7-19-9-11/h3-9,15,21H,10H2,1-2H3. The number of aliphatic hydroxyl groups excluding tert-OH is 1. The lowest BCUT2D eigenvalue weighted by Crippen LogP contribution is -2.17. The molecule has 0 saturated carbocycles. The fourth-order valence-corrected chi connectivity index (χ4v) is 2.39. The molecule has 4 nitrogen and oxygen atoms in total. The second kappa shape index (κ2) is 5.50. The summed E-state index contributed by atoms with van der Waals surface area (Å²) < 4.78 is 19.3. The quantitative estimate of drug-likeness (QED) is 0.948. The molecule has 22 heavy (non-hydrogen) atoms. The van der Waals surface area contributed by atoms with Crippen molar-refractivity contribution in [3.63, 3.8) is 0 Å². The Hall–Kier alpha value is -2.27. The molecule has 114 valence electrons. The molecule has 1 aromatic carbocycles. The summed E-state index contributed by atoms with van der Waals surface area (Å²) in [6, 6.07) is 7.71. The zero-order valence-corrected chi connectivity index (χ0v) is 12.5. The van der Waals surface area contributed by atoms with Gasteiger partial charge in [-0.2, -0.15) is 0 Å². The van der Waals surface area contributed by atoms with Crippen molar-refractivity contribution in [2.45, 2.75) is 25.5 Å². The molecule has 0 bridgehead atoms. The van der Waals surface area contributed by atoms with E-state index in [1.165, 1.54) is 12.1 Å². The Morgan fingerprint density at radius 2 is 2.14 bits per heavy atom. The molecular weight excluding hydrogens is 283 g/mol. The number of hydrogen-bond acceptors (Lipinski definition) is 4. The molecule has 1 atom stereocenters. The van der Waals surface area contributed by atoms with Gasteiger partial charge in [0, 0.05) is 29.1 Å². The van der Waals surface area contributed by atoms with E-state index in [0.717, 1.165) is 0 Å². The SMILES string of the molecule is CC1(C)COC(c2ccc(F)cc2C(O)c2cccnc2)=N1. The summed E-state index contributed by atoms with van der Waals surface area (Å²) in [5.74, 6) is 0.0162. The van der Waals surface area contributed by atoms with Crippen LogP contribution in [0, 0.1) is 5.82 Å². The van der Waals surface area contributed by atoms with E-state index in [2.05, 4.69) is 9.98 Å². The maximum atomic E-state index is 13.7. The van der Waals surface area contributed by atoms with Crippen LogP contribution in [0.2, 0.25) is 0 Å². The topological polar surface area (TPSA) is 54.7 Å². The monoisotopic (exact) mass is 300 g/mol. The third kappa shape index (κ3) is 2.85. The molecule has 0 saturated heterocycles. The van der Waals surface area contributed by atoms with Crippen molar-refractivity contribution in [3.8, 4) is 0 Å². The number of pyridine rings is 1. The largest absolute Gasteiger partial charge is 0.475 e. The first-order chi connectivity index (χ1) is 10.5. The lowest BCUT2D eigenvalue weighted by molar-refractivity contribution is 0.218. The number of nitrogens with zero attached hydrogens (tertiary/aromatic N) is 2. The Morgan fingerprint density at radius 1 is 1.32 bits per heavy atom. The summed E-state index contributed by atoms with van der Waals surface area (Å²) in [6.07, 6.45) is 2.19. The highest BCUT2D eigenvalue weighted by Crippen LogP contribution is 2.29. The minimum atomic E-state index is -0.991. The normalized spacial score (nSPS) is 17.7. The molecule has 1 aliphatic rings. The molecule has 1 aliphatic heterocycles. The van der Waals surface area contributed by atoms with Gasteiger partial charge in [0.1, 0.15) is 18.5 Å². The first kappa shape index (κ1) is 14.7. The summed E-state index contributed by atoms with van der Waals surface area (Å²) in [6.45, 7) is 4.38. The van der Waals surface area contributed by atoms with Crippen LogP contribution in [0.1, 0.15) is 36.6 Å². The molecule has 5 heteroatoms. The van der Waals surface area contributed by atoms with Gasteiger partial charge in [0.2, 0.25) is 5.90 Å². The zero-order valence-electron chi connectivity index (χ0n) is 12.5. The maximum absolute atomic E-state index is 13.7. The van der Waals surface area contributed by atoms with E-state index >= 15 is 0 Å². The van der Waals surface area contributed by atoms with Gasteiger partial charge in [0.05, 0.1) is 5.54 Å². The first-order valence-electron chi connectivity index (χ1n) is 7.07. The van der Waals surface area contributed by atoms with Gasteiger partial charge >= 0.3 is 0 Å². The molecule has 0 spiro atoms. The predicted molar refractivity (Wildman–Crippen MR) is 81.3 cm³/mol. The average Bonchev–Trinajstić information content (AvgIpc) is 2.87. The van der Waals surface area contributed by atoms with E-state index in [1.807, 2.05) is 13.8 Å². The molecule has 0 amide bonds. The maximum Gasteiger partial charge on any atom is 0.217 e. The van der Waals surface area contributed by atoms with Crippen molar-refractivity contribution in [3.05, 3.63) is 65.2 Å². The van der Waals surface area contributed by atoms with Gasteiger partial charge in [-0.1, -0.05) is 6.07 Å². The number of benzene rings is 1. The van der Waals surface area contributed by atoms with Crippen molar-refractivity contribution in [1.29, 1.82) is 0 Å². The number of ether oxygens (including phenoxy) is 1. The highest BCUT2D eigenvalue weighted by atomic mass is 19.1. The minimum Gasteiger partial charge on any atom is -0.475 e. The number of rotatable bonds is 3. The molecule has 3 rings (SSSR count). The molecule has 0 radical (unpaired) electrons. The van der Waals surface area contributed by atoms with Crippen molar-refractivity contribution in [1.82, 2.24) is 4.98 Å². The molecule has 0 fully saturated rings. The van der Waals surface area contributed by atoms with Crippen LogP contribution in [0.5, 0.6) is 0 Å². The van der Waals surface area contributed by atoms with Crippen molar-refractivity contribution < 1.29 is 14.2 Å². The lowest BCUT2D eigenvalue weighted by atomic mass is 9.97. The van der Waals surface area contributed by atoms with Crippen LogP contribution in [-0.4, -0.2) is 28.1 Å². The average molecular weight is 300 g/mol. The van der Waals surface area contributed by atoms with E-state index in [-0.39, 0.29) is 5.54 Å². The van der Waals surface area contributed by atoms with Crippen LogP contribution in [0.3, 0.4) is 0 Å².